The van der Waals surface area contributed by atoms with Crippen molar-refractivity contribution in [3.63, 3.8) is 0 Å². The topological polar surface area (TPSA) is 20.2 Å². The van der Waals surface area contributed by atoms with Gasteiger partial charge in [-0.3, -0.25) is 0 Å². The van der Waals surface area contributed by atoms with E-state index in [1.807, 2.05) is 0 Å². The van der Waals surface area contributed by atoms with Crippen LogP contribution in [-0.4, -0.2) is 13.2 Å². The highest BCUT2D eigenvalue weighted by Crippen LogP contribution is 2.76. The molecule has 4 atom stereocenters. The van der Waals surface area contributed by atoms with Gasteiger partial charge >= 0.3 is 0 Å². The number of hydrogen-bond donors (Lipinski definition) is 1. The van der Waals surface area contributed by atoms with Crippen molar-refractivity contribution < 1.29 is 5.11 Å². The Morgan fingerprint density at radius 2 is 1.50 bits per heavy atom. The summed E-state index contributed by atoms with van der Waals surface area (Å²) in [6.45, 7) is 9.44. The Balaban J connectivity index is 1.94. The predicted molar refractivity (Wildman–Crippen MR) is 93.9 cm³/mol. The van der Waals surface area contributed by atoms with E-state index in [-0.39, 0.29) is 0 Å². The van der Waals surface area contributed by atoms with Crippen LogP contribution < -0.4 is 0 Å². The van der Waals surface area contributed by atoms with Crippen LogP contribution in [0.15, 0.2) is 48.5 Å². The van der Waals surface area contributed by atoms with Gasteiger partial charge in [0.2, 0.25) is 0 Å². The molecule has 0 saturated heterocycles. The van der Waals surface area contributed by atoms with Crippen LogP contribution in [0.1, 0.15) is 28.2 Å². The average molecular weight is 308 g/mol. The smallest absolute Gasteiger partial charge is 0.119 e. The van der Waals surface area contributed by atoms with Gasteiger partial charge in [-0.05, 0) is 40.6 Å². The van der Waals surface area contributed by atoms with Crippen molar-refractivity contribution in [3.05, 3.63) is 70.8 Å². The number of aryl methyl sites for hydroxylation is 1. The fourth-order valence-electron chi connectivity index (χ4n) is 4.93. The molecule has 2 aliphatic carbocycles. The Hall–Kier alpha value is -1.38. The molecule has 0 heterocycles. The third kappa shape index (κ3) is 1.68. The van der Waals surface area contributed by atoms with Crippen molar-refractivity contribution in [3.8, 4) is 0 Å². The van der Waals surface area contributed by atoms with Gasteiger partial charge in [-0.25, -0.2) is 0 Å². The van der Waals surface area contributed by atoms with Gasteiger partial charge in [-0.2, -0.15) is 0 Å². The standard InChI is InChI=1S/C20H24OSi/c1-13-9-5-7-11-15(13)20(21)16-12-8-6-10-14(16)17-18(20)19(17)22(2,3)4/h5-12,17-19,21H,1-4H3/t17-,18+,19+,20+/m0/s1. The summed E-state index contributed by atoms with van der Waals surface area (Å²) in [6.07, 6.45) is 0. The second-order valence-electron chi connectivity index (χ2n) is 8.11. The normalized spacial score (nSPS) is 32.5. The summed E-state index contributed by atoms with van der Waals surface area (Å²) in [5, 5.41) is 11.9. The molecule has 2 heteroatoms. The molecule has 0 spiro atoms. The number of rotatable bonds is 2. The lowest BCUT2D eigenvalue weighted by Gasteiger charge is -2.33. The van der Waals surface area contributed by atoms with Crippen LogP contribution in [0.2, 0.25) is 25.2 Å². The van der Waals surface area contributed by atoms with Gasteiger partial charge in [-0.15, -0.1) is 0 Å². The fourth-order valence-corrected chi connectivity index (χ4v) is 7.81. The molecule has 0 aromatic heterocycles. The minimum absolute atomic E-state index is 0.373. The molecule has 0 amide bonds. The average Bonchev–Trinajstić information content (AvgIpc) is 3.18. The summed E-state index contributed by atoms with van der Waals surface area (Å²) in [5.74, 6) is 0.935. The summed E-state index contributed by atoms with van der Waals surface area (Å²) in [5.41, 5.74) is 4.74. The Kier molecular flexibility index (Phi) is 2.80. The second kappa shape index (κ2) is 4.33. The lowest BCUT2D eigenvalue weighted by atomic mass is 9.82. The Labute approximate surface area is 134 Å². The molecule has 1 fully saturated rings. The van der Waals surface area contributed by atoms with Crippen molar-refractivity contribution in [2.75, 3.05) is 0 Å². The molecule has 2 aromatic rings. The zero-order valence-electron chi connectivity index (χ0n) is 13.8. The third-order valence-electron chi connectivity index (χ3n) is 5.79. The van der Waals surface area contributed by atoms with Gasteiger partial charge in [0.15, 0.2) is 0 Å². The van der Waals surface area contributed by atoms with Gasteiger partial charge in [0, 0.05) is 14.0 Å². The zero-order chi connectivity index (χ0) is 15.7. The summed E-state index contributed by atoms with van der Waals surface area (Å²) in [7, 11) is -1.29. The number of fused-ring (bicyclic) bond motifs is 3. The van der Waals surface area contributed by atoms with Crippen LogP contribution in [0.5, 0.6) is 0 Å². The largest absolute Gasteiger partial charge is 0.380 e. The van der Waals surface area contributed by atoms with E-state index >= 15 is 0 Å². The van der Waals surface area contributed by atoms with Gasteiger partial charge in [0.1, 0.15) is 5.60 Å². The van der Waals surface area contributed by atoms with Crippen molar-refractivity contribution >= 4 is 8.07 Å². The zero-order valence-corrected chi connectivity index (χ0v) is 14.8. The highest BCUT2D eigenvalue weighted by molar-refractivity contribution is 6.78. The first-order valence-corrected chi connectivity index (χ1v) is 11.8. The van der Waals surface area contributed by atoms with E-state index in [1.54, 1.807) is 0 Å². The van der Waals surface area contributed by atoms with Crippen LogP contribution in [0.4, 0.5) is 0 Å². The molecule has 114 valence electrons. The van der Waals surface area contributed by atoms with Gasteiger partial charge in [0.05, 0.1) is 0 Å². The Morgan fingerprint density at radius 1 is 0.909 bits per heavy atom. The summed E-state index contributed by atoms with van der Waals surface area (Å²) < 4.78 is 0. The minimum atomic E-state index is -1.29. The quantitative estimate of drug-likeness (QED) is 0.800. The maximum atomic E-state index is 11.9. The van der Waals surface area contributed by atoms with E-state index < -0.39 is 13.7 Å². The molecule has 2 aromatic carbocycles. The summed E-state index contributed by atoms with van der Waals surface area (Å²) in [6, 6.07) is 16.9. The maximum absolute atomic E-state index is 11.9. The molecule has 0 unspecified atom stereocenters. The molecule has 22 heavy (non-hydrogen) atoms. The molecular formula is C20H24OSi. The van der Waals surface area contributed by atoms with Gasteiger partial charge in [0.25, 0.3) is 0 Å². The van der Waals surface area contributed by atoms with Crippen LogP contribution in [-0.2, 0) is 5.60 Å². The van der Waals surface area contributed by atoms with E-state index in [4.69, 9.17) is 0 Å². The summed E-state index contributed by atoms with van der Waals surface area (Å²) >= 11 is 0. The molecule has 2 aliphatic rings. The molecule has 1 saturated carbocycles. The van der Waals surface area contributed by atoms with Crippen molar-refractivity contribution in [2.45, 2.75) is 43.6 Å². The molecule has 1 N–H and O–H groups in total. The fraction of sp³-hybridized carbons (Fsp3) is 0.400. The first-order chi connectivity index (χ1) is 10.4. The van der Waals surface area contributed by atoms with E-state index in [9.17, 15) is 5.11 Å². The molecular weight excluding hydrogens is 284 g/mol. The second-order valence-corrected chi connectivity index (χ2v) is 13.5. The molecule has 4 rings (SSSR count). The van der Waals surface area contributed by atoms with E-state index in [1.165, 1.54) is 11.1 Å². The van der Waals surface area contributed by atoms with Crippen LogP contribution in [0, 0.1) is 12.8 Å². The number of benzene rings is 2. The first-order valence-electron chi connectivity index (χ1n) is 8.24. The third-order valence-corrected chi connectivity index (χ3v) is 8.51. The van der Waals surface area contributed by atoms with Gasteiger partial charge in [-0.1, -0.05) is 68.2 Å². The minimum Gasteiger partial charge on any atom is -0.380 e. The van der Waals surface area contributed by atoms with Crippen molar-refractivity contribution in [2.24, 2.45) is 5.92 Å². The lowest BCUT2D eigenvalue weighted by molar-refractivity contribution is 0.0617. The number of hydrogen-bond acceptors (Lipinski definition) is 1. The van der Waals surface area contributed by atoms with Gasteiger partial charge < -0.3 is 5.11 Å². The van der Waals surface area contributed by atoms with Crippen molar-refractivity contribution in [1.82, 2.24) is 0 Å². The summed E-state index contributed by atoms with van der Waals surface area (Å²) in [4.78, 5) is 0. The Bertz CT molecular complexity index is 745. The van der Waals surface area contributed by atoms with Crippen LogP contribution in [0.3, 0.4) is 0 Å². The maximum Gasteiger partial charge on any atom is 0.119 e. The number of aliphatic hydroxyl groups is 1. The van der Waals surface area contributed by atoms with Crippen LogP contribution in [0.25, 0.3) is 0 Å². The molecule has 0 bridgehead atoms. The van der Waals surface area contributed by atoms with E-state index in [0.29, 0.717) is 17.4 Å². The lowest BCUT2D eigenvalue weighted by Crippen LogP contribution is -2.34. The monoisotopic (exact) mass is 308 g/mol. The van der Waals surface area contributed by atoms with E-state index in [0.717, 1.165) is 11.1 Å². The molecule has 0 aliphatic heterocycles. The van der Waals surface area contributed by atoms with Crippen LogP contribution >= 0.6 is 0 Å². The van der Waals surface area contributed by atoms with Crippen molar-refractivity contribution in [1.29, 1.82) is 0 Å². The predicted octanol–water partition coefficient (Wildman–Crippen LogP) is 4.67. The molecule has 1 nitrogen and oxygen atoms in total. The first kappa shape index (κ1) is 14.2. The molecule has 0 radical (unpaired) electrons. The SMILES string of the molecule is Cc1ccccc1[C@@]1(O)c2ccccc2[C@H]2[C@@H]1[C@@H]2[Si](C)(C)C. The highest BCUT2D eigenvalue weighted by Gasteiger charge is 2.71. The highest BCUT2D eigenvalue weighted by atomic mass is 28.3. The Morgan fingerprint density at radius 3 is 2.14 bits per heavy atom. The van der Waals surface area contributed by atoms with E-state index in [2.05, 4.69) is 75.1 Å².